The van der Waals surface area contributed by atoms with Crippen molar-refractivity contribution < 1.29 is 9.84 Å². The predicted molar refractivity (Wildman–Crippen MR) is 126 cm³/mol. The maximum atomic E-state index is 11.9. The molecular weight excluding hydrogens is 372 g/mol. The molecule has 1 aliphatic rings. The van der Waals surface area contributed by atoms with Gasteiger partial charge in [-0.3, -0.25) is 4.99 Å². The van der Waals surface area contributed by atoms with Crippen LogP contribution in [0.25, 0.3) is 0 Å². The second-order valence-electron chi connectivity index (χ2n) is 7.48. The molecule has 2 rings (SSSR count). The summed E-state index contributed by atoms with van der Waals surface area (Å²) in [7, 11) is 0. The molecule has 0 bridgehead atoms. The summed E-state index contributed by atoms with van der Waals surface area (Å²) >= 11 is 0. The first kappa shape index (κ1) is 23.6. The Hall–Kier alpha value is -2.69. The number of ether oxygens (including phenoxy) is 1. The van der Waals surface area contributed by atoms with Crippen molar-refractivity contribution in [2.45, 2.75) is 24.9 Å². The van der Waals surface area contributed by atoms with E-state index in [1.807, 2.05) is 36.4 Å². The van der Waals surface area contributed by atoms with Crippen LogP contribution in [-0.2, 0) is 10.3 Å². The van der Waals surface area contributed by atoms with Gasteiger partial charge in [0.25, 0.3) is 0 Å². The highest BCUT2D eigenvalue weighted by molar-refractivity contribution is 5.40. The number of rotatable bonds is 12. The van der Waals surface area contributed by atoms with Gasteiger partial charge in [0, 0.05) is 12.7 Å². The van der Waals surface area contributed by atoms with E-state index < -0.39 is 5.60 Å². The number of piperidine rings is 1. The number of aliphatic hydroxyl groups is 1. The van der Waals surface area contributed by atoms with Crippen LogP contribution >= 0.6 is 0 Å². The highest BCUT2D eigenvalue weighted by Crippen LogP contribution is 2.42. The number of hydrogen-bond donors (Lipinski definition) is 1. The van der Waals surface area contributed by atoms with Crippen molar-refractivity contribution in [2.75, 3.05) is 26.2 Å². The summed E-state index contributed by atoms with van der Waals surface area (Å²) < 4.78 is 5.58. The van der Waals surface area contributed by atoms with Gasteiger partial charge in [-0.2, -0.15) is 0 Å². The van der Waals surface area contributed by atoms with Gasteiger partial charge in [-0.15, -0.1) is 0 Å². The first-order chi connectivity index (χ1) is 14.6. The summed E-state index contributed by atoms with van der Waals surface area (Å²) in [5, 5.41) is 11.9. The molecule has 1 atom stereocenters. The average Bonchev–Trinajstić information content (AvgIpc) is 2.79. The molecule has 4 nitrogen and oxygen atoms in total. The Morgan fingerprint density at radius 1 is 1.23 bits per heavy atom. The second kappa shape index (κ2) is 12.1. The fourth-order valence-electron chi connectivity index (χ4n) is 4.06. The van der Waals surface area contributed by atoms with Crippen molar-refractivity contribution >= 4 is 6.72 Å². The smallest absolute Gasteiger partial charge is 0.117 e. The molecule has 160 valence electrons. The van der Waals surface area contributed by atoms with Gasteiger partial charge >= 0.3 is 0 Å². The number of benzene rings is 1. The average molecular weight is 407 g/mol. The summed E-state index contributed by atoms with van der Waals surface area (Å²) in [6.45, 7) is 18.4. The molecule has 4 heteroatoms. The molecule has 0 aliphatic carbocycles. The van der Waals surface area contributed by atoms with E-state index in [-0.39, 0.29) is 5.92 Å². The topological polar surface area (TPSA) is 45.1 Å². The van der Waals surface area contributed by atoms with Crippen molar-refractivity contribution in [1.29, 1.82) is 0 Å². The normalized spacial score (nSPS) is 18.0. The van der Waals surface area contributed by atoms with Gasteiger partial charge in [-0.05, 0) is 62.2 Å². The van der Waals surface area contributed by atoms with E-state index >= 15 is 0 Å². The van der Waals surface area contributed by atoms with Crippen molar-refractivity contribution in [1.82, 2.24) is 4.90 Å². The third-order valence-corrected chi connectivity index (χ3v) is 5.62. The van der Waals surface area contributed by atoms with Crippen molar-refractivity contribution in [3.63, 3.8) is 0 Å². The first-order valence-electron chi connectivity index (χ1n) is 10.5. The van der Waals surface area contributed by atoms with E-state index in [4.69, 9.17) is 4.74 Å². The van der Waals surface area contributed by atoms with Gasteiger partial charge in [-0.25, -0.2) is 0 Å². The summed E-state index contributed by atoms with van der Waals surface area (Å²) in [4.78, 5) is 6.07. The van der Waals surface area contributed by atoms with Gasteiger partial charge in [0.2, 0.25) is 0 Å². The van der Waals surface area contributed by atoms with E-state index in [1.54, 1.807) is 24.4 Å². The van der Waals surface area contributed by atoms with Crippen LogP contribution in [0.5, 0.6) is 0 Å². The van der Waals surface area contributed by atoms with Crippen molar-refractivity contribution in [3.05, 3.63) is 97.5 Å². The lowest BCUT2D eigenvalue weighted by Gasteiger charge is -2.42. The van der Waals surface area contributed by atoms with E-state index in [2.05, 4.69) is 36.3 Å². The van der Waals surface area contributed by atoms with Gasteiger partial charge in [0.05, 0.1) is 6.61 Å². The number of hydrogen-bond acceptors (Lipinski definition) is 4. The fraction of sp³-hybridized carbons (Fsp3) is 0.346. The summed E-state index contributed by atoms with van der Waals surface area (Å²) in [5.74, 6) is 0.716. The molecule has 1 aromatic carbocycles. The summed E-state index contributed by atoms with van der Waals surface area (Å²) in [5.41, 5.74) is 0.650. The Morgan fingerprint density at radius 3 is 2.53 bits per heavy atom. The zero-order chi connectivity index (χ0) is 21.8. The van der Waals surface area contributed by atoms with E-state index in [1.165, 1.54) is 0 Å². The van der Waals surface area contributed by atoms with Crippen LogP contribution in [-0.4, -0.2) is 43.0 Å². The third kappa shape index (κ3) is 6.15. The Kier molecular flexibility index (Phi) is 9.52. The highest BCUT2D eigenvalue weighted by atomic mass is 16.5. The molecule has 1 fully saturated rings. The number of allylic oxidation sites excluding steroid dienone is 3. The van der Waals surface area contributed by atoms with E-state index in [9.17, 15) is 5.11 Å². The lowest BCUT2D eigenvalue weighted by Crippen LogP contribution is -2.44. The molecule has 1 unspecified atom stereocenters. The molecule has 30 heavy (non-hydrogen) atoms. The van der Waals surface area contributed by atoms with Gasteiger partial charge in [-0.1, -0.05) is 68.3 Å². The Morgan fingerprint density at radius 2 is 1.93 bits per heavy atom. The lowest BCUT2D eigenvalue weighted by molar-refractivity contribution is -0.0153. The van der Waals surface area contributed by atoms with Crippen LogP contribution in [0, 0.1) is 5.92 Å². The number of likely N-dealkylation sites (tertiary alicyclic amines) is 1. The maximum Gasteiger partial charge on any atom is 0.117 e. The molecule has 0 spiro atoms. The number of nitrogens with zero attached hydrogens (tertiary/aromatic N) is 2. The van der Waals surface area contributed by atoms with Crippen molar-refractivity contribution in [2.24, 2.45) is 10.9 Å². The van der Waals surface area contributed by atoms with Crippen LogP contribution in [0.1, 0.15) is 24.8 Å². The molecule has 1 aromatic rings. The molecule has 0 aromatic heterocycles. The van der Waals surface area contributed by atoms with Crippen LogP contribution in [0.15, 0.2) is 96.9 Å². The quantitative estimate of drug-likeness (QED) is 0.229. The minimum Gasteiger partial charge on any atom is -0.494 e. The van der Waals surface area contributed by atoms with Gasteiger partial charge in [0.15, 0.2) is 0 Å². The predicted octanol–water partition coefficient (Wildman–Crippen LogP) is 5.02. The largest absolute Gasteiger partial charge is 0.494 e. The van der Waals surface area contributed by atoms with Gasteiger partial charge < -0.3 is 14.7 Å². The zero-order valence-corrected chi connectivity index (χ0v) is 17.9. The molecule has 1 heterocycles. The maximum absolute atomic E-state index is 11.9. The summed E-state index contributed by atoms with van der Waals surface area (Å²) in [6.07, 6.45) is 11.4. The van der Waals surface area contributed by atoms with Crippen LogP contribution in [0.2, 0.25) is 0 Å². The van der Waals surface area contributed by atoms with Crippen LogP contribution < -0.4 is 0 Å². The molecule has 0 radical (unpaired) electrons. The molecular formula is C26H34N2O2. The van der Waals surface area contributed by atoms with E-state index in [0.29, 0.717) is 12.4 Å². The SMILES string of the molecule is C=C/C=C(\C=C)C(O)(c1ccccc1)C1CCN(CCCOC(=C)/C=C\N=C)CC1. The standard InChI is InChI=1S/C26H34N2O2/c1-5-11-23(6-2)26(29,24-12-8-7-9-13-24)25-15-19-28(20-16-25)18-10-21-30-22(3)14-17-27-4/h5-9,11-14,17,25,29H,1-4,10,15-16,18-21H2/b17-14-,23-11+. The Bertz CT molecular complexity index is 773. The molecule has 1 aliphatic heterocycles. The van der Waals surface area contributed by atoms with Gasteiger partial charge in [0.1, 0.15) is 11.4 Å². The fourth-order valence-corrected chi connectivity index (χ4v) is 4.06. The molecule has 0 saturated carbocycles. The minimum atomic E-state index is -1.06. The van der Waals surface area contributed by atoms with Crippen LogP contribution in [0.4, 0.5) is 0 Å². The minimum absolute atomic E-state index is 0.118. The number of aliphatic imine (C=N–C) groups is 1. The van der Waals surface area contributed by atoms with Crippen LogP contribution in [0.3, 0.4) is 0 Å². The Labute approximate surface area is 181 Å². The lowest BCUT2D eigenvalue weighted by atomic mass is 9.71. The van der Waals surface area contributed by atoms with E-state index in [0.717, 1.165) is 50.0 Å². The highest BCUT2D eigenvalue weighted by Gasteiger charge is 2.41. The first-order valence-corrected chi connectivity index (χ1v) is 10.5. The summed E-state index contributed by atoms with van der Waals surface area (Å²) in [6, 6.07) is 9.90. The molecule has 1 N–H and O–H groups in total. The molecule has 1 saturated heterocycles. The van der Waals surface area contributed by atoms with Crippen molar-refractivity contribution in [3.8, 4) is 0 Å². The zero-order valence-electron chi connectivity index (χ0n) is 17.9. The third-order valence-electron chi connectivity index (χ3n) is 5.62. The monoisotopic (exact) mass is 406 g/mol. The Balaban J connectivity index is 1.96. The second-order valence-corrected chi connectivity index (χ2v) is 7.48. The molecule has 0 amide bonds.